The average molecular weight is 485 g/mol. The van der Waals surface area contributed by atoms with Crippen molar-refractivity contribution in [2.45, 2.75) is 70.3 Å². The van der Waals surface area contributed by atoms with Crippen molar-refractivity contribution in [2.24, 2.45) is 11.8 Å². The van der Waals surface area contributed by atoms with Crippen molar-refractivity contribution in [3.05, 3.63) is 35.7 Å². The van der Waals surface area contributed by atoms with Gasteiger partial charge < -0.3 is 19.3 Å². The second-order valence-electron chi connectivity index (χ2n) is 10.9. The molecule has 2 heterocycles. The summed E-state index contributed by atoms with van der Waals surface area (Å²) in [4.78, 5) is 28.7. The molecule has 0 aromatic heterocycles. The van der Waals surface area contributed by atoms with Gasteiger partial charge in [-0.15, -0.1) is 0 Å². The number of amides is 2. The summed E-state index contributed by atoms with van der Waals surface area (Å²) in [7, 11) is 0. The van der Waals surface area contributed by atoms with E-state index in [1.54, 1.807) is 17.0 Å². The Morgan fingerprint density at radius 2 is 1.80 bits per heavy atom. The summed E-state index contributed by atoms with van der Waals surface area (Å²) in [6.07, 6.45) is 10.0. The molecule has 0 bridgehead atoms. The number of piperidine rings is 1. The fourth-order valence-electron chi connectivity index (χ4n) is 5.38. The SMILES string of the molecule is CC1(OC(=O)N2CCC(COc3ccc(C4=CCC(C(=O)N5CCCC5)CC4)cc3F)CC2)CC1. The molecule has 5 rings (SSSR count). The van der Waals surface area contributed by atoms with Crippen LogP contribution in [0.2, 0.25) is 0 Å². The molecule has 6 nitrogen and oxygen atoms in total. The van der Waals surface area contributed by atoms with Crippen molar-refractivity contribution < 1.29 is 23.5 Å². The normalized spacial score (nSPS) is 24.2. The maximum Gasteiger partial charge on any atom is 0.410 e. The second kappa shape index (κ2) is 10.2. The third kappa shape index (κ3) is 5.81. The minimum absolute atomic E-state index is 0.0642. The van der Waals surface area contributed by atoms with Gasteiger partial charge in [-0.3, -0.25) is 4.79 Å². The lowest BCUT2D eigenvalue weighted by atomic mass is 9.86. The smallest absolute Gasteiger partial charge is 0.410 e. The summed E-state index contributed by atoms with van der Waals surface area (Å²) in [5.74, 6) is 0.566. The van der Waals surface area contributed by atoms with E-state index in [9.17, 15) is 14.0 Å². The Labute approximate surface area is 207 Å². The number of benzene rings is 1. The van der Waals surface area contributed by atoms with Gasteiger partial charge in [0, 0.05) is 32.1 Å². The number of ether oxygens (including phenoxy) is 2. The van der Waals surface area contributed by atoms with E-state index in [4.69, 9.17) is 9.47 Å². The quantitative estimate of drug-likeness (QED) is 0.542. The lowest BCUT2D eigenvalue weighted by Gasteiger charge is -2.32. The number of hydrogen-bond acceptors (Lipinski definition) is 4. The van der Waals surface area contributed by atoms with Crippen LogP contribution in [-0.2, 0) is 9.53 Å². The van der Waals surface area contributed by atoms with Crippen molar-refractivity contribution >= 4 is 17.6 Å². The largest absolute Gasteiger partial charge is 0.490 e. The lowest BCUT2D eigenvalue weighted by Crippen LogP contribution is -2.41. The van der Waals surface area contributed by atoms with Gasteiger partial charge in [0.25, 0.3) is 0 Å². The number of rotatable bonds is 6. The topological polar surface area (TPSA) is 59.1 Å². The van der Waals surface area contributed by atoms with E-state index in [-0.39, 0.29) is 35.1 Å². The van der Waals surface area contributed by atoms with Crippen LogP contribution >= 0.6 is 0 Å². The van der Waals surface area contributed by atoms with Gasteiger partial charge in [0.1, 0.15) is 5.60 Å². The highest BCUT2D eigenvalue weighted by atomic mass is 19.1. The number of hydrogen-bond donors (Lipinski definition) is 0. The predicted octanol–water partition coefficient (Wildman–Crippen LogP) is 5.41. The maximum atomic E-state index is 14.8. The van der Waals surface area contributed by atoms with Gasteiger partial charge in [-0.2, -0.15) is 0 Å². The summed E-state index contributed by atoms with van der Waals surface area (Å²) in [6.45, 7) is 5.51. The van der Waals surface area contributed by atoms with Crippen molar-refractivity contribution in [1.29, 1.82) is 0 Å². The zero-order valence-electron chi connectivity index (χ0n) is 20.8. The molecule has 2 saturated heterocycles. The third-order valence-electron chi connectivity index (χ3n) is 8.12. The molecule has 7 heteroatoms. The first-order valence-electron chi connectivity index (χ1n) is 13.3. The second-order valence-corrected chi connectivity index (χ2v) is 10.9. The minimum Gasteiger partial charge on any atom is -0.490 e. The summed E-state index contributed by atoms with van der Waals surface area (Å²) >= 11 is 0. The molecule has 2 aliphatic carbocycles. The van der Waals surface area contributed by atoms with Gasteiger partial charge in [-0.1, -0.05) is 12.1 Å². The monoisotopic (exact) mass is 484 g/mol. The van der Waals surface area contributed by atoms with Crippen LogP contribution in [0.15, 0.2) is 24.3 Å². The molecule has 1 atom stereocenters. The molecular formula is C28H37FN2O4. The molecule has 35 heavy (non-hydrogen) atoms. The van der Waals surface area contributed by atoms with E-state index >= 15 is 0 Å². The van der Waals surface area contributed by atoms with Gasteiger partial charge in [-0.25, -0.2) is 9.18 Å². The van der Waals surface area contributed by atoms with E-state index in [1.807, 2.05) is 17.9 Å². The fraction of sp³-hybridized carbons (Fsp3) is 0.643. The average Bonchev–Trinajstić information content (AvgIpc) is 3.35. The van der Waals surface area contributed by atoms with E-state index in [0.29, 0.717) is 25.6 Å². The Balaban J connectivity index is 1.08. The molecule has 0 radical (unpaired) electrons. The van der Waals surface area contributed by atoms with Gasteiger partial charge in [0.15, 0.2) is 11.6 Å². The first-order chi connectivity index (χ1) is 16.9. The number of halogens is 1. The highest BCUT2D eigenvalue weighted by Crippen LogP contribution is 2.39. The molecule has 3 fully saturated rings. The van der Waals surface area contributed by atoms with E-state index in [2.05, 4.69) is 6.08 Å². The number of carbonyl (C=O) groups is 2. The summed E-state index contributed by atoms with van der Waals surface area (Å²) in [5.41, 5.74) is 1.74. The molecule has 1 unspecified atom stereocenters. The van der Waals surface area contributed by atoms with Gasteiger partial charge >= 0.3 is 6.09 Å². The van der Waals surface area contributed by atoms with Crippen LogP contribution in [0.25, 0.3) is 5.57 Å². The Morgan fingerprint density at radius 3 is 2.43 bits per heavy atom. The summed E-state index contributed by atoms with van der Waals surface area (Å²) in [5, 5.41) is 0. The van der Waals surface area contributed by atoms with Gasteiger partial charge in [0.05, 0.1) is 6.61 Å². The molecule has 2 amide bonds. The zero-order valence-corrected chi connectivity index (χ0v) is 20.8. The van der Waals surface area contributed by atoms with Crippen LogP contribution in [0.4, 0.5) is 9.18 Å². The van der Waals surface area contributed by atoms with Crippen molar-refractivity contribution in [1.82, 2.24) is 9.80 Å². The molecule has 0 N–H and O–H groups in total. The van der Waals surface area contributed by atoms with Crippen LogP contribution in [0.3, 0.4) is 0 Å². The van der Waals surface area contributed by atoms with E-state index in [1.165, 1.54) is 0 Å². The Hall–Kier alpha value is -2.57. The third-order valence-corrected chi connectivity index (χ3v) is 8.12. The Morgan fingerprint density at radius 1 is 1.06 bits per heavy atom. The maximum absolute atomic E-state index is 14.8. The minimum atomic E-state index is -0.350. The molecule has 1 aromatic rings. The van der Waals surface area contributed by atoms with Gasteiger partial charge in [-0.05, 0) is 93.9 Å². The van der Waals surface area contributed by atoms with Crippen molar-refractivity contribution in [3.63, 3.8) is 0 Å². The predicted molar refractivity (Wildman–Crippen MR) is 131 cm³/mol. The molecule has 190 valence electrons. The van der Waals surface area contributed by atoms with Crippen LogP contribution in [-0.4, -0.2) is 60.2 Å². The van der Waals surface area contributed by atoms with E-state index < -0.39 is 0 Å². The van der Waals surface area contributed by atoms with Crippen LogP contribution < -0.4 is 4.74 Å². The summed E-state index contributed by atoms with van der Waals surface area (Å²) in [6, 6.07) is 5.20. The van der Waals surface area contributed by atoms with Crippen LogP contribution in [0.1, 0.15) is 70.3 Å². The molecule has 2 aliphatic heterocycles. The number of carbonyl (C=O) groups excluding carboxylic acids is 2. The van der Waals surface area contributed by atoms with Crippen molar-refractivity contribution in [2.75, 3.05) is 32.8 Å². The first kappa shape index (κ1) is 24.1. The first-order valence-corrected chi connectivity index (χ1v) is 13.3. The van der Waals surface area contributed by atoms with Crippen LogP contribution in [0.5, 0.6) is 5.75 Å². The lowest BCUT2D eigenvalue weighted by molar-refractivity contribution is -0.134. The molecule has 1 saturated carbocycles. The van der Waals surface area contributed by atoms with Crippen LogP contribution in [0, 0.1) is 17.7 Å². The number of likely N-dealkylation sites (tertiary alicyclic amines) is 2. The van der Waals surface area contributed by atoms with E-state index in [0.717, 1.165) is 82.0 Å². The highest BCUT2D eigenvalue weighted by Gasteiger charge is 2.43. The highest BCUT2D eigenvalue weighted by molar-refractivity contribution is 5.81. The fourth-order valence-corrected chi connectivity index (χ4v) is 5.38. The zero-order chi connectivity index (χ0) is 24.4. The standard InChI is InChI=1S/C28H37FN2O4/c1-28(12-13-28)35-27(33)31-16-10-20(11-17-31)19-34-25-9-8-23(18-24(25)29)21-4-6-22(7-5-21)26(32)30-14-2-3-15-30/h4,8-9,18,20,22H,2-3,5-7,10-17,19H2,1H3. The summed E-state index contributed by atoms with van der Waals surface area (Å²) < 4.78 is 26.2. The number of allylic oxidation sites excluding steroid dienone is 2. The molecule has 0 spiro atoms. The molecule has 1 aromatic carbocycles. The van der Waals surface area contributed by atoms with Crippen molar-refractivity contribution in [3.8, 4) is 5.75 Å². The number of nitrogens with zero attached hydrogens (tertiary/aromatic N) is 2. The molecular weight excluding hydrogens is 447 g/mol. The Kier molecular flexibility index (Phi) is 7.03. The van der Waals surface area contributed by atoms with Gasteiger partial charge in [0.2, 0.25) is 5.91 Å². The molecule has 4 aliphatic rings. The Bertz CT molecular complexity index is 975.